The number of nitrogens with zero attached hydrogens (tertiary/aromatic N) is 2. The van der Waals surface area contributed by atoms with Gasteiger partial charge in [0.15, 0.2) is 11.5 Å². The first-order chi connectivity index (χ1) is 17.2. The maximum atomic E-state index is 14.1. The molecule has 2 aromatic rings. The van der Waals surface area contributed by atoms with Crippen molar-refractivity contribution in [2.45, 2.75) is 70.0 Å². The number of nitrogens with one attached hydrogen (secondary N) is 2. The van der Waals surface area contributed by atoms with Crippen molar-refractivity contribution in [3.8, 4) is 11.3 Å². The molecular weight excluding hydrogens is 480 g/mol. The number of rotatable bonds is 7. The Morgan fingerprint density at radius 2 is 1.86 bits per heavy atom. The molecule has 196 valence electrons. The van der Waals surface area contributed by atoms with E-state index in [0.717, 1.165) is 31.7 Å². The zero-order chi connectivity index (χ0) is 25.8. The van der Waals surface area contributed by atoms with E-state index in [4.69, 9.17) is 4.52 Å². The molecule has 2 fully saturated rings. The summed E-state index contributed by atoms with van der Waals surface area (Å²) >= 11 is 0. The van der Waals surface area contributed by atoms with Gasteiger partial charge in [-0.2, -0.15) is 0 Å². The molecule has 2 aliphatic rings. The molecular formula is C25H30F4N4O3. The van der Waals surface area contributed by atoms with Crippen LogP contribution >= 0.6 is 0 Å². The molecule has 1 aromatic heterocycles. The number of alkyl halides is 2. The molecule has 2 N–H and O–H groups in total. The fraction of sp³-hybridized carbons (Fsp3) is 0.560. The SMILES string of the molecule is CC(NC(=O)[C@@H]1CN(C2CCCCC2)CC[C@H]1NC(=O)c1cc(-c2ccc(F)cc2F)on1)C(F)F. The Kier molecular flexibility index (Phi) is 8.28. The summed E-state index contributed by atoms with van der Waals surface area (Å²) in [4.78, 5) is 28.1. The third kappa shape index (κ3) is 6.05. The summed E-state index contributed by atoms with van der Waals surface area (Å²) in [6.07, 6.45) is 3.22. The summed E-state index contributed by atoms with van der Waals surface area (Å²) in [5, 5.41) is 8.86. The third-order valence-electron chi connectivity index (χ3n) is 7.08. The fourth-order valence-electron chi connectivity index (χ4n) is 5.03. The van der Waals surface area contributed by atoms with Gasteiger partial charge in [0.1, 0.15) is 11.6 Å². The number of amides is 2. The second-order valence-corrected chi connectivity index (χ2v) is 9.59. The topological polar surface area (TPSA) is 87.5 Å². The van der Waals surface area contributed by atoms with Crippen molar-refractivity contribution in [1.29, 1.82) is 0 Å². The van der Waals surface area contributed by atoms with Gasteiger partial charge in [-0.1, -0.05) is 24.4 Å². The van der Waals surface area contributed by atoms with E-state index >= 15 is 0 Å². The number of carbonyl (C=O) groups is 2. The van der Waals surface area contributed by atoms with Crippen LogP contribution in [0.2, 0.25) is 0 Å². The summed E-state index contributed by atoms with van der Waals surface area (Å²) < 4.78 is 58.5. The van der Waals surface area contributed by atoms with Crippen LogP contribution in [0.4, 0.5) is 17.6 Å². The molecule has 7 nitrogen and oxygen atoms in total. The first-order valence-electron chi connectivity index (χ1n) is 12.3. The number of hydrogen-bond acceptors (Lipinski definition) is 5. The Bertz CT molecular complexity index is 1070. The molecule has 11 heteroatoms. The number of carbonyl (C=O) groups excluding carboxylic acids is 2. The van der Waals surface area contributed by atoms with Crippen molar-refractivity contribution >= 4 is 11.8 Å². The highest BCUT2D eigenvalue weighted by atomic mass is 19.3. The molecule has 0 radical (unpaired) electrons. The third-order valence-corrected chi connectivity index (χ3v) is 7.08. The molecule has 1 aliphatic carbocycles. The maximum absolute atomic E-state index is 14.1. The quantitative estimate of drug-likeness (QED) is 0.547. The van der Waals surface area contributed by atoms with Crippen LogP contribution in [0.25, 0.3) is 11.3 Å². The summed E-state index contributed by atoms with van der Waals surface area (Å²) in [6, 6.07) is 2.58. The number of hydrogen-bond donors (Lipinski definition) is 2. The van der Waals surface area contributed by atoms with Crippen LogP contribution in [0.3, 0.4) is 0 Å². The molecule has 1 saturated carbocycles. The van der Waals surface area contributed by atoms with Crippen molar-refractivity contribution in [3.05, 3.63) is 41.6 Å². The van der Waals surface area contributed by atoms with Crippen LogP contribution < -0.4 is 10.6 Å². The second kappa shape index (κ2) is 11.4. The van der Waals surface area contributed by atoms with Gasteiger partial charge in [0.2, 0.25) is 5.91 Å². The lowest BCUT2D eigenvalue weighted by Gasteiger charge is -2.43. The lowest BCUT2D eigenvalue weighted by Crippen LogP contribution is -2.59. The zero-order valence-electron chi connectivity index (χ0n) is 20.0. The van der Waals surface area contributed by atoms with E-state index in [9.17, 15) is 27.2 Å². The highest BCUT2D eigenvalue weighted by Gasteiger charge is 2.39. The predicted octanol–water partition coefficient (Wildman–Crippen LogP) is 4.14. The van der Waals surface area contributed by atoms with Gasteiger partial charge in [0, 0.05) is 37.3 Å². The van der Waals surface area contributed by atoms with Gasteiger partial charge >= 0.3 is 0 Å². The van der Waals surface area contributed by atoms with E-state index < -0.39 is 47.9 Å². The molecule has 1 aliphatic heterocycles. The van der Waals surface area contributed by atoms with Gasteiger partial charge in [-0.3, -0.25) is 14.5 Å². The van der Waals surface area contributed by atoms with Crippen LogP contribution in [0.5, 0.6) is 0 Å². The van der Waals surface area contributed by atoms with Gasteiger partial charge in [-0.25, -0.2) is 17.6 Å². The van der Waals surface area contributed by atoms with Crippen LogP contribution in [-0.4, -0.2) is 59.5 Å². The first-order valence-corrected chi connectivity index (χ1v) is 12.3. The fourth-order valence-corrected chi connectivity index (χ4v) is 5.03. The van der Waals surface area contributed by atoms with E-state index in [-0.39, 0.29) is 17.0 Å². The second-order valence-electron chi connectivity index (χ2n) is 9.59. The summed E-state index contributed by atoms with van der Waals surface area (Å²) in [5.41, 5.74) is -0.189. The minimum Gasteiger partial charge on any atom is -0.355 e. The number of likely N-dealkylation sites (tertiary alicyclic amines) is 1. The molecule has 2 heterocycles. The molecule has 2 amide bonds. The predicted molar refractivity (Wildman–Crippen MR) is 123 cm³/mol. The minimum absolute atomic E-state index is 0.0511. The molecule has 3 atom stereocenters. The zero-order valence-corrected chi connectivity index (χ0v) is 20.0. The van der Waals surface area contributed by atoms with Gasteiger partial charge in [0.05, 0.1) is 17.5 Å². The summed E-state index contributed by atoms with van der Waals surface area (Å²) in [5.74, 6) is -3.57. The smallest absolute Gasteiger partial charge is 0.273 e. The minimum atomic E-state index is -2.71. The van der Waals surface area contributed by atoms with Crippen molar-refractivity contribution < 1.29 is 31.7 Å². The normalized spacial score (nSPS) is 22.4. The van der Waals surface area contributed by atoms with E-state index in [1.807, 2.05) is 0 Å². The Balaban J connectivity index is 1.48. The number of halogens is 4. The van der Waals surface area contributed by atoms with Crippen molar-refractivity contribution in [2.75, 3.05) is 13.1 Å². The average Bonchev–Trinajstić information content (AvgIpc) is 3.35. The molecule has 1 saturated heterocycles. The number of benzene rings is 1. The number of aromatic nitrogens is 1. The molecule has 1 unspecified atom stereocenters. The average molecular weight is 511 g/mol. The van der Waals surface area contributed by atoms with Gasteiger partial charge < -0.3 is 15.2 Å². The molecule has 0 spiro atoms. The van der Waals surface area contributed by atoms with Crippen molar-refractivity contribution in [2.24, 2.45) is 5.92 Å². The summed E-state index contributed by atoms with van der Waals surface area (Å²) in [6.45, 7) is 2.25. The van der Waals surface area contributed by atoms with Crippen molar-refractivity contribution in [3.63, 3.8) is 0 Å². The van der Waals surface area contributed by atoms with Gasteiger partial charge in [-0.05, 0) is 38.3 Å². The Hall–Kier alpha value is -2.95. The highest BCUT2D eigenvalue weighted by molar-refractivity contribution is 5.94. The van der Waals surface area contributed by atoms with E-state index in [1.165, 1.54) is 25.5 Å². The highest BCUT2D eigenvalue weighted by Crippen LogP contribution is 2.29. The Labute approximate surface area is 206 Å². The van der Waals surface area contributed by atoms with Crippen molar-refractivity contribution in [1.82, 2.24) is 20.7 Å². The van der Waals surface area contributed by atoms with Crippen LogP contribution in [-0.2, 0) is 4.79 Å². The largest absolute Gasteiger partial charge is 0.355 e. The molecule has 36 heavy (non-hydrogen) atoms. The first kappa shape index (κ1) is 26.1. The summed E-state index contributed by atoms with van der Waals surface area (Å²) in [7, 11) is 0. The monoisotopic (exact) mass is 510 g/mol. The van der Waals surface area contributed by atoms with E-state index in [1.54, 1.807) is 0 Å². The molecule has 1 aromatic carbocycles. The van der Waals surface area contributed by atoms with Gasteiger partial charge in [-0.15, -0.1) is 0 Å². The van der Waals surface area contributed by atoms with Crippen LogP contribution in [0.1, 0.15) is 55.9 Å². The van der Waals surface area contributed by atoms with E-state index in [0.29, 0.717) is 31.6 Å². The Morgan fingerprint density at radius 1 is 1.11 bits per heavy atom. The lowest BCUT2D eigenvalue weighted by molar-refractivity contribution is -0.129. The maximum Gasteiger partial charge on any atom is 0.273 e. The number of piperidine rings is 1. The van der Waals surface area contributed by atoms with Crippen LogP contribution in [0.15, 0.2) is 28.8 Å². The molecule has 0 bridgehead atoms. The van der Waals surface area contributed by atoms with Gasteiger partial charge in [0.25, 0.3) is 12.3 Å². The van der Waals surface area contributed by atoms with Crippen LogP contribution in [0, 0.1) is 17.6 Å². The molecule has 4 rings (SSSR count). The van der Waals surface area contributed by atoms with E-state index in [2.05, 4.69) is 20.7 Å². The lowest BCUT2D eigenvalue weighted by atomic mass is 9.86. The Morgan fingerprint density at radius 3 is 2.56 bits per heavy atom. The standard InChI is InChI=1S/C25H30F4N4O3/c1-14(23(28)29)30-24(34)18-13-33(16-5-3-2-4-6-16)10-9-20(18)31-25(35)21-12-22(36-32-21)17-8-7-15(26)11-19(17)27/h7-8,11-12,14,16,18,20,23H,2-6,9-10,13H2,1H3,(H,30,34)(H,31,35)/t14?,18-,20-/m1/s1.